The van der Waals surface area contributed by atoms with Gasteiger partial charge in [0, 0.05) is 23.9 Å². The zero-order valence-corrected chi connectivity index (χ0v) is 15.3. The summed E-state index contributed by atoms with van der Waals surface area (Å²) in [6, 6.07) is 14.9. The summed E-state index contributed by atoms with van der Waals surface area (Å²) in [5.41, 5.74) is 4.67. The Morgan fingerprint density at radius 1 is 1.24 bits per heavy atom. The quantitative estimate of drug-likeness (QED) is 0.318. The molecule has 0 spiro atoms. The number of pyridine rings is 1. The zero-order valence-electron chi connectivity index (χ0n) is 15.3. The van der Waals surface area contributed by atoms with E-state index in [0.29, 0.717) is 34.1 Å². The lowest BCUT2D eigenvalue weighted by Gasteiger charge is -2.01. The number of hydrogen-bond donors (Lipinski definition) is 1. The number of nitrogens with one attached hydrogen (secondary N) is 1. The van der Waals surface area contributed by atoms with Crippen LogP contribution in [0.15, 0.2) is 70.3 Å². The van der Waals surface area contributed by atoms with Gasteiger partial charge in [0.15, 0.2) is 0 Å². The number of carbonyl (C=O) groups is 1. The van der Waals surface area contributed by atoms with E-state index in [1.165, 1.54) is 18.3 Å². The van der Waals surface area contributed by atoms with Gasteiger partial charge >= 0.3 is 0 Å². The molecule has 4 aromatic rings. The highest BCUT2D eigenvalue weighted by atomic mass is 16.6. The fraction of sp³-hybridized carbons (Fsp3) is 0.0500. The largest absolute Gasteiger partial charge is 0.455 e. The second kappa shape index (κ2) is 7.39. The number of hydrazone groups is 1. The highest BCUT2D eigenvalue weighted by molar-refractivity contribution is 5.95. The van der Waals surface area contributed by atoms with Crippen LogP contribution in [0.3, 0.4) is 0 Å². The van der Waals surface area contributed by atoms with E-state index >= 15 is 0 Å². The molecule has 3 aromatic heterocycles. The molecule has 1 N–H and O–H groups in total. The van der Waals surface area contributed by atoms with Gasteiger partial charge in [0.25, 0.3) is 11.6 Å². The summed E-state index contributed by atoms with van der Waals surface area (Å²) in [5.74, 6) is 0.448. The van der Waals surface area contributed by atoms with Gasteiger partial charge in [0.2, 0.25) is 0 Å². The van der Waals surface area contributed by atoms with E-state index < -0.39 is 10.8 Å². The Morgan fingerprint density at radius 2 is 2.10 bits per heavy atom. The van der Waals surface area contributed by atoms with Crippen molar-refractivity contribution in [3.63, 3.8) is 0 Å². The molecule has 1 aromatic carbocycles. The summed E-state index contributed by atoms with van der Waals surface area (Å²) < 4.78 is 7.32. The van der Waals surface area contributed by atoms with E-state index in [-0.39, 0.29) is 5.69 Å². The Labute approximate surface area is 164 Å². The lowest BCUT2D eigenvalue weighted by Crippen LogP contribution is -2.20. The number of non-ortho nitro benzene ring substituents is 1. The molecule has 9 nitrogen and oxygen atoms in total. The normalized spacial score (nSPS) is 11.2. The van der Waals surface area contributed by atoms with Crippen molar-refractivity contribution in [3.05, 3.63) is 88.1 Å². The van der Waals surface area contributed by atoms with Crippen LogP contribution in [0.4, 0.5) is 5.69 Å². The van der Waals surface area contributed by atoms with Crippen LogP contribution in [-0.2, 0) is 0 Å². The van der Waals surface area contributed by atoms with Gasteiger partial charge in [-0.3, -0.25) is 19.3 Å². The Kier molecular flexibility index (Phi) is 4.62. The molecular weight excluding hydrogens is 374 g/mol. The van der Waals surface area contributed by atoms with Crippen LogP contribution < -0.4 is 5.43 Å². The van der Waals surface area contributed by atoms with E-state index in [0.717, 1.165) is 0 Å². The number of rotatable bonds is 5. The van der Waals surface area contributed by atoms with E-state index in [9.17, 15) is 14.9 Å². The smallest absolute Gasteiger partial charge is 0.290 e. The lowest BCUT2D eigenvalue weighted by atomic mass is 10.1. The van der Waals surface area contributed by atoms with Gasteiger partial charge in [-0.15, -0.1) is 0 Å². The van der Waals surface area contributed by atoms with Gasteiger partial charge in [-0.05, 0) is 31.2 Å². The van der Waals surface area contributed by atoms with Gasteiger partial charge in [-0.25, -0.2) is 10.4 Å². The Bertz CT molecular complexity index is 1250. The number of benzene rings is 1. The maximum absolute atomic E-state index is 12.5. The van der Waals surface area contributed by atoms with Crippen molar-refractivity contribution < 1.29 is 14.1 Å². The number of furan rings is 1. The van der Waals surface area contributed by atoms with Gasteiger partial charge < -0.3 is 4.42 Å². The third-order valence-corrected chi connectivity index (χ3v) is 4.25. The fourth-order valence-corrected chi connectivity index (χ4v) is 2.94. The first-order valence-corrected chi connectivity index (χ1v) is 8.64. The van der Waals surface area contributed by atoms with Crippen LogP contribution in [0, 0.1) is 17.0 Å². The van der Waals surface area contributed by atoms with Crippen molar-refractivity contribution in [2.45, 2.75) is 6.92 Å². The van der Waals surface area contributed by atoms with Gasteiger partial charge in [0.1, 0.15) is 22.9 Å². The maximum Gasteiger partial charge on any atom is 0.290 e. The van der Waals surface area contributed by atoms with Gasteiger partial charge in [-0.2, -0.15) is 5.10 Å². The van der Waals surface area contributed by atoms with Crippen molar-refractivity contribution in [2.75, 3.05) is 0 Å². The first-order chi connectivity index (χ1) is 14.0. The maximum atomic E-state index is 12.5. The minimum Gasteiger partial charge on any atom is -0.455 e. The summed E-state index contributed by atoms with van der Waals surface area (Å²) in [5, 5.41) is 14.8. The third-order valence-electron chi connectivity index (χ3n) is 4.25. The van der Waals surface area contributed by atoms with Crippen molar-refractivity contribution in [1.29, 1.82) is 0 Å². The molecule has 0 radical (unpaired) electrons. The molecule has 0 aliphatic carbocycles. The van der Waals surface area contributed by atoms with E-state index in [1.54, 1.807) is 41.8 Å². The van der Waals surface area contributed by atoms with Crippen molar-refractivity contribution >= 4 is 23.5 Å². The van der Waals surface area contributed by atoms with Crippen LogP contribution in [-0.4, -0.2) is 26.4 Å². The fourth-order valence-electron chi connectivity index (χ4n) is 2.94. The topological polar surface area (TPSA) is 115 Å². The molecule has 3 heterocycles. The average molecular weight is 389 g/mol. The Balaban J connectivity index is 1.49. The predicted molar refractivity (Wildman–Crippen MR) is 106 cm³/mol. The lowest BCUT2D eigenvalue weighted by molar-refractivity contribution is -0.384. The highest BCUT2D eigenvalue weighted by Crippen LogP contribution is 2.25. The summed E-state index contributed by atoms with van der Waals surface area (Å²) >= 11 is 0. The molecule has 0 bridgehead atoms. The second-order valence-electron chi connectivity index (χ2n) is 6.18. The molecule has 0 aliphatic heterocycles. The van der Waals surface area contributed by atoms with Crippen molar-refractivity contribution in [3.8, 4) is 11.3 Å². The van der Waals surface area contributed by atoms with Crippen molar-refractivity contribution in [2.24, 2.45) is 5.10 Å². The summed E-state index contributed by atoms with van der Waals surface area (Å²) in [7, 11) is 0. The van der Waals surface area contributed by atoms with Crippen LogP contribution in [0.5, 0.6) is 0 Å². The van der Waals surface area contributed by atoms with E-state index in [1.807, 2.05) is 18.2 Å². The molecule has 0 saturated carbocycles. The molecule has 9 heteroatoms. The molecular formula is C20H15N5O4. The molecule has 0 aliphatic rings. The summed E-state index contributed by atoms with van der Waals surface area (Å²) in [6.07, 6.45) is 3.11. The van der Waals surface area contributed by atoms with Crippen LogP contribution >= 0.6 is 0 Å². The number of fused-ring (bicyclic) bond motifs is 1. The summed E-state index contributed by atoms with van der Waals surface area (Å²) in [6.45, 7) is 1.75. The van der Waals surface area contributed by atoms with Crippen molar-refractivity contribution in [1.82, 2.24) is 14.8 Å². The highest BCUT2D eigenvalue weighted by Gasteiger charge is 2.15. The van der Waals surface area contributed by atoms with Crippen LogP contribution in [0.1, 0.15) is 21.9 Å². The molecule has 4 rings (SSSR count). The minimum atomic E-state index is -0.466. The number of carbonyl (C=O) groups excluding carboxylic acids is 1. The molecule has 29 heavy (non-hydrogen) atoms. The molecule has 1 amide bonds. The number of nitro benzene ring substituents is 1. The second-order valence-corrected chi connectivity index (χ2v) is 6.18. The Hall–Kier alpha value is -4.27. The molecule has 144 valence electrons. The standard InChI is InChI=1S/C20H15N5O4/c1-13-19(24-10-3-2-7-18(24)22-13)20(26)23-21-12-16-8-9-17(29-16)14-5-4-6-15(11-14)25(27)28/h2-12H,1H3,(H,23,26)/b21-12+. The molecule has 0 unspecified atom stereocenters. The molecule has 0 atom stereocenters. The molecule has 0 fully saturated rings. The third kappa shape index (κ3) is 3.61. The van der Waals surface area contributed by atoms with E-state index in [2.05, 4.69) is 15.5 Å². The number of aryl methyl sites for hydroxylation is 1. The first-order valence-electron chi connectivity index (χ1n) is 8.64. The number of hydrogen-bond acceptors (Lipinski definition) is 6. The van der Waals surface area contributed by atoms with Crippen LogP contribution in [0.25, 0.3) is 17.0 Å². The Morgan fingerprint density at radius 3 is 2.93 bits per heavy atom. The van der Waals surface area contributed by atoms with Crippen LogP contribution in [0.2, 0.25) is 0 Å². The monoisotopic (exact) mass is 389 g/mol. The zero-order chi connectivity index (χ0) is 20.4. The molecule has 0 saturated heterocycles. The average Bonchev–Trinajstić information content (AvgIpc) is 3.31. The first kappa shape index (κ1) is 18.1. The number of amides is 1. The number of imidazole rings is 1. The number of aromatic nitrogens is 2. The number of nitro groups is 1. The van der Waals surface area contributed by atoms with E-state index in [4.69, 9.17) is 4.42 Å². The van der Waals surface area contributed by atoms with Gasteiger partial charge in [0.05, 0.1) is 16.8 Å². The number of nitrogens with zero attached hydrogens (tertiary/aromatic N) is 4. The van der Waals surface area contributed by atoms with Gasteiger partial charge in [-0.1, -0.05) is 18.2 Å². The predicted octanol–water partition coefficient (Wildman–Crippen LogP) is 3.57. The SMILES string of the molecule is Cc1nc2ccccn2c1C(=O)N/N=C/c1ccc(-c2cccc([N+](=O)[O-])c2)o1. The minimum absolute atomic E-state index is 0.0233. The summed E-state index contributed by atoms with van der Waals surface area (Å²) in [4.78, 5) is 27.3.